The number of anilines is 1. The van der Waals surface area contributed by atoms with Crippen molar-refractivity contribution in [2.75, 3.05) is 24.7 Å². The second-order valence-corrected chi connectivity index (χ2v) is 7.28. The van der Waals surface area contributed by atoms with Crippen molar-refractivity contribution in [2.24, 2.45) is 5.92 Å². The predicted molar refractivity (Wildman–Crippen MR) is 75.0 cm³/mol. The maximum Gasteiger partial charge on any atom is 0.230 e. The summed E-state index contributed by atoms with van der Waals surface area (Å²) in [5.74, 6) is -0.578. The third-order valence-electron chi connectivity index (χ3n) is 2.82. The Morgan fingerprint density at radius 3 is 2.26 bits per heavy atom. The molecule has 0 radical (unpaired) electrons. The molecule has 1 fully saturated rings. The van der Waals surface area contributed by atoms with E-state index < -0.39 is 10.0 Å². The molecule has 19 heavy (non-hydrogen) atoms. The van der Waals surface area contributed by atoms with E-state index >= 15 is 0 Å². The van der Waals surface area contributed by atoms with Crippen molar-refractivity contribution in [3.8, 4) is 0 Å². The SMILES string of the molecule is CS(=O)(=O)N1CC(C(=O)Nc2cc(Cl)cc(Cl)c2)C1. The first-order chi connectivity index (χ1) is 8.75. The van der Waals surface area contributed by atoms with Crippen LogP contribution in [0, 0.1) is 5.92 Å². The highest BCUT2D eigenvalue weighted by Gasteiger charge is 2.37. The average Bonchev–Trinajstić information content (AvgIpc) is 2.09. The van der Waals surface area contributed by atoms with Gasteiger partial charge in [0.1, 0.15) is 0 Å². The van der Waals surface area contributed by atoms with E-state index in [1.807, 2.05) is 0 Å². The summed E-state index contributed by atoms with van der Waals surface area (Å²) in [4.78, 5) is 11.9. The van der Waals surface area contributed by atoms with Gasteiger partial charge in [0.05, 0.1) is 12.2 Å². The van der Waals surface area contributed by atoms with Crippen molar-refractivity contribution in [1.29, 1.82) is 0 Å². The van der Waals surface area contributed by atoms with Gasteiger partial charge in [-0.3, -0.25) is 4.79 Å². The molecule has 1 aliphatic rings. The number of nitrogens with zero attached hydrogens (tertiary/aromatic N) is 1. The van der Waals surface area contributed by atoms with Gasteiger partial charge < -0.3 is 5.32 Å². The topological polar surface area (TPSA) is 66.5 Å². The highest BCUT2D eigenvalue weighted by Crippen LogP contribution is 2.24. The van der Waals surface area contributed by atoms with Crippen LogP contribution in [0.1, 0.15) is 0 Å². The van der Waals surface area contributed by atoms with Gasteiger partial charge >= 0.3 is 0 Å². The molecule has 0 aliphatic carbocycles. The number of carbonyl (C=O) groups excluding carboxylic acids is 1. The monoisotopic (exact) mass is 322 g/mol. The lowest BCUT2D eigenvalue weighted by molar-refractivity contribution is -0.122. The molecule has 0 unspecified atom stereocenters. The van der Waals surface area contributed by atoms with Gasteiger partial charge in [0.2, 0.25) is 15.9 Å². The number of hydrogen-bond donors (Lipinski definition) is 1. The molecule has 2 rings (SSSR count). The lowest BCUT2D eigenvalue weighted by atomic mass is 10.0. The maximum absolute atomic E-state index is 11.9. The summed E-state index contributed by atoms with van der Waals surface area (Å²) >= 11 is 11.6. The van der Waals surface area contributed by atoms with Gasteiger partial charge in [-0.25, -0.2) is 12.7 Å². The quantitative estimate of drug-likeness (QED) is 0.923. The van der Waals surface area contributed by atoms with Crippen molar-refractivity contribution in [1.82, 2.24) is 4.31 Å². The minimum atomic E-state index is -3.21. The van der Waals surface area contributed by atoms with Gasteiger partial charge in [-0.2, -0.15) is 0 Å². The lowest BCUT2D eigenvalue weighted by Gasteiger charge is -2.35. The van der Waals surface area contributed by atoms with Gasteiger partial charge in [-0.05, 0) is 18.2 Å². The van der Waals surface area contributed by atoms with E-state index in [0.717, 1.165) is 6.26 Å². The molecule has 1 heterocycles. The summed E-state index contributed by atoms with van der Waals surface area (Å²) in [7, 11) is -3.21. The van der Waals surface area contributed by atoms with Crippen molar-refractivity contribution >= 4 is 44.8 Å². The minimum Gasteiger partial charge on any atom is -0.326 e. The molecule has 1 aromatic rings. The van der Waals surface area contributed by atoms with Crippen LogP contribution in [0.4, 0.5) is 5.69 Å². The van der Waals surface area contributed by atoms with Crippen molar-refractivity contribution in [3.63, 3.8) is 0 Å². The van der Waals surface area contributed by atoms with Gasteiger partial charge in [-0.1, -0.05) is 23.2 Å². The molecule has 1 aliphatic heterocycles. The molecule has 0 aromatic heterocycles. The molecule has 104 valence electrons. The van der Waals surface area contributed by atoms with Crippen LogP contribution in [0.25, 0.3) is 0 Å². The fourth-order valence-electron chi connectivity index (χ4n) is 1.75. The Hall–Kier alpha value is -0.820. The van der Waals surface area contributed by atoms with Crippen LogP contribution in [0.15, 0.2) is 18.2 Å². The fraction of sp³-hybridized carbons (Fsp3) is 0.364. The molecule has 1 saturated heterocycles. The smallest absolute Gasteiger partial charge is 0.230 e. The maximum atomic E-state index is 11.9. The number of benzene rings is 1. The first kappa shape index (κ1) is 14.6. The molecule has 5 nitrogen and oxygen atoms in total. The van der Waals surface area contributed by atoms with Crippen molar-refractivity contribution in [2.45, 2.75) is 0 Å². The Balaban J connectivity index is 1.96. The molecule has 1 N–H and O–H groups in total. The number of nitrogens with one attached hydrogen (secondary N) is 1. The Morgan fingerprint density at radius 2 is 1.79 bits per heavy atom. The normalized spacial score (nSPS) is 17.0. The van der Waals surface area contributed by atoms with E-state index in [0.29, 0.717) is 15.7 Å². The Bertz CT molecular complexity index is 592. The number of carbonyl (C=O) groups is 1. The third kappa shape index (κ3) is 3.60. The molecule has 8 heteroatoms. The highest BCUT2D eigenvalue weighted by atomic mass is 35.5. The van der Waals surface area contributed by atoms with Crippen LogP contribution < -0.4 is 5.32 Å². The summed E-state index contributed by atoms with van der Waals surface area (Å²) in [5.41, 5.74) is 0.500. The molecule has 1 aromatic carbocycles. The minimum absolute atomic E-state index is 0.207. The Morgan fingerprint density at radius 1 is 1.26 bits per heavy atom. The van der Waals surface area contributed by atoms with Crippen molar-refractivity contribution in [3.05, 3.63) is 28.2 Å². The molecule has 1 amide bonds. The van der Waals surface area contributed by atoms with Crippen LogP contribution in [0.3, 0.4) is 0 Å². The molecular formula is C11H12Cl2N2O3S. The molecule has 0 spiro atoms. The number of halogens is 2. The second kappa shape index (κ2) is 5.28. The van der Waals surface area contributed by atoms with E-state index in [9.17, 15) is 13.2 Å². The second-order valence-electron chi connectivity index (χ2n) is 4.42. The largest absolute Gasteiger partial charge is 0.326 e. The molecule has 0 bridgehead atoms. The fourth-order valence-corrected chi connectivity index (χ4v) is 3.17. The molecule has 0 atom stereocenters. The van der Waals surface area contributed by atoms with Gasteiger partial charge in [0, 0.05) is 28.8 Å². The van der Waals surface area contributed by atoms with Crippen LogP contribution in [-0.2, 0) is 14.8 Å². The zero-order chi connectivity index (χ0) is 14.2. The summed E-state index contributed by atoms with van der Waals surface area (Å²) in [6, 6.07) is 4.73. The van der Waals surface area contributed by atoms with Crippen LogP contribution in [-0.4, -0.2) is 38.0 Å². The summed E-state index contributed by atoms with van der Waals surface area (Å²) in [6.45, 7) is 0.415. The Labute approximate surface area is 121 Å². The van der Waals surface area contributed by atoms with Crippen LogP contribution in [0.5, 0.6) is 0 Å². The third-order valence-corrected chi connectivity index (χ3v) is 4.49. The van der Waals surface area contributed by atoms with E-state index in [1.54, 1.807) is 18.2 Å². The number of amides is 1. The van der Waals surface area contributed by atoms with Gasteiger partial charge in [-0.15, -0.1) is 0 Å². The van der Waals surface area contributed by atoms with Crippen molar-refractivity contribution < 1.29 is 13.2 Å². The highest BCUT2D eigenvalue weighted by molar-refractivity contribution is 7.88. The number of sulfonamides is 1. The van der Waals surface area contributed by atoms with E-state index in [2.05, 4.69) is 5.32 Å². The van der Waals surface area contributed by atoms with Gasteiger partial charge in [0.25, 0.3) is 0 Å². The van der Waals surface area contributed by atoms with Gasteiger partial charge in [0.15, 0.2) is 0 Å². The zero-order valence-electron chi connectivity index (χ0n) is 10.1. The van der Waals surface area contributed by atoms with Crippen LogP contribution >= 0.6 is 23.2 Å². The lowest BCUT2D eigenvalue weighted by Crippen LogP contribution is -2.53. The number of rotatable bonds is 3. The summed E-state index contributed by atoms with van der Waals surface area (Å²) in [5, 5.41) is 3.52. The van der Waals surface area contributed by atoms with E-state index in [4.69, 9.17) is 23.2 Å². The molecule has 0 saturated carbocycles. The standard InChI is InChI=1S/C11H12Cl2N2O3S/c1-19(17,18)15-5-7(6-15)11(16)14-10-3-8(12)2-9(13)4-10/h2-4,7H,5-6H2,1H3,(H,14,16). The predicted octanol–water partition coefficient (Wildman–Crippen LogP) is 1.82. The first-order valence-electron chi connectivity index (χ1n) is 5.48. The van der Waals surface area contributed by atoms with E-state index in [1.165, 1.54) is 4.31 Å². The summed E-state index contributed by atoms with van der Waals surface area (Å²) in [6.07, 6.45) is 1.12. The number of hydrogen-bond acceptors (Lipinski definition) is 3. The Kier molecular flexibility index (Phi) is 4.06. The molecular weight excluding hydrogens is 311 g/mol. The zero-order valence-corrected chi connectivity index (χ0v) is 12.4. The average molecular weight is 323 g/mol. The first-order valence-corrected chi connectivity index (χ1v) is 8.08. The van der Waals surface area contributed by atoms with E-state index in [-0.39, 0.29) is 24.9 Å². The van der Waals surface area contributed by atoms with Crippen LogP contribution in [0.2, 0.25) is 10.0 Å². The summed E-state index contributed by atoms with van der Waals surface area (Å²) < 4.78 is 23.6.